The summed E-state index contributed by atoms with van der Waals surface area (Å²) in [5.74, 6) is 4.40. The van der Waals surface area contributed by atoms with Crippen molar-refractivity contribution in [1.29, 1.82) is 0 Å². The van der Waals surface area contributed by atoms with Crippen molar-refractivity contribution in [2.45, 2.75) is 13.0 Å². The first-order chi connectivity index (χ1) is 9.56. The van der Waals surface area contributed by atoms with Gasteiger partial charge in [-0.3, -0.25) is 4.90 Å². The molecule has 0 bridgehead atoms. The van der Waals surface area contributed by atoms with Crippen LogP contribution in [0.1, 0.15) is 11.1 Å². The van der Waals surface area contributed by atoms with Gasteiger partial charge < -0.3 is 10.2 Å². The van der Waals surface area contributed by atoms with Crippen LogP contribution in [0.5, 0.6) is 0 Å². The lowest BCUT2D eigenvalue weighted by molar-refractivity contribution is 0.0741. The molecule has 0 aromatic heterocycles. The number of aliphatic hydroxyl groups excluding tert-OH is 2. The van der Waals surface area contributed by atoms with Gasteiger partial charge in [-0.25, -0.2) is 13.2 Å². The molecule has 0 radical (unpaired) electrons. The summed E-state index contributed by atoms with van der Waals surface area (Å²) in [6.07, 6.45) is -2.54. The Morgan fingerprint density at radius 1 is 1.25 bits per heavy atom. The van der Waals surface area contributed by atoms with E-state index in [-0.39, 0.29) is 31.9 Å². The lowest BCUT2D eigenvalue weighted by atomic mass is 10.1. The Labute approximate surface area is 115 Å². The quantitative estimate of drug-likeness (QED) is 0.773. The zero-order valence-electron chi connectivity index (χ0n) is 10.8. The van der Waals surface area contributed by atoms with Gasteiger partial charge in [0.2, 0.25) is 0 Å². The molecule has 2 N–H and O–H groups in total. The van der Waals surface area contributed by atoms with Crippen LogP contribution in [-0.2, 0) is 6.54 Å². The molecule has 20 heavy (non-hydrogen) atoms. The number of halogens is 3. The summed E-state index contributed by atoms with van der Waals surface area (Å²) >= 11 is 0. The fourth-order valence-electron chi connectivity index (χ4n) is 1.71. The predicted molar refractivity (Wildman–Crippen MR) is 68.7 cm³/mol. The zero-order chi connectivity index (χ0) is 15.0. The maximum absolute atomic E-state index is 13.8. The van der Waals surface area contributed by atoms with Gasteiger partial charge in [0.1, 0.15) is 12.4 Å². The molecule has 1 aromatic carbocycles. The smallest absolute Gasteiger partial charge is 0.251 e. The molecule has 0 aliphatic carbocycles. The first-order valence-corrected chi connectivity index (χ1v) is 6.06. The third kappa shape index (κ3) is 5.61. The Morgan fingerprint density at radius 2 is 2.00 bits per heavy atom. The molecule has 6 heteroatoms. The molecule has 0 saturated heterocycles. The largest absolute Gasteiger partial charge is 0.395 e. The SMILES string of the molecule is OCC#Cc1ccc(CN(CCO)CC(F)F)c(F)c1. The third-order valence-corrected chi connectivity index (χ3v) is 2.57. The van der Waals surface area contributed by atoms with Gasteiger partial charge in [-0.05, 0) is 12.1 Å². The van der Waals surface area contributed by atoms with Crippen molar-refractivity contribution in [1.82, 2.24) is 4.90 Å². The summed E-state index contributed by atoms with van der Waals surface area (Å²) in [6.45, 7) is -1.07. The van der Waals surface area contributed by atoms with Gasteiger partial charge in [-0.1, -0.05) is 17.9 Å². The minimum absolute atomic E-state index is 0.00948. The monoisotopic (exact) mass is 287 g/mol. The molecule has 0 spiro atoms. The van der Waals surface area contributed by atoms with Gasteiger partial charge in [0.25, 0.3) is 6.43 Å². The highest BCUT2D eigenvalue weighted by Gasteiger charge is 2.14. The number of hydrogen-bond donors (Lipinski definition) is 2. The van der Waals surface area contributed by atoms with Crippen LogP contribution in [0, 0.1) is 17.7 Å². The van der Waals surface area contributed by atoms with Crippen molar-refractivity contribution in [3.05, 3.63) is 35.1 Å². The van der Waals surface area contributed by atoms with E-state index in [9.17, 15) is 13.2 Å². The number of alkyl halides is 2. The molecule has 0 amide bonds. The number of rotatable bonds is 6. The zero-order valence-corrected chi connectivity index (χ0v) is 10.8. The first-order valence-electron chi connectivity index (χ1n) is 6.06. The highest BCUT2D eigenvalue weighted by atomic mass is 19.3. The summed E-state index contributed by atoms with van der Waals surface area (Å²) in [4.78, 5) is 1.28. The molecule has 0 heterocycles. The van der Waals surface area contributed by atoms with E-state index in [1.54, 1.807) is 6.07 Å². The van der Waals surface area contributed by atoms with Gasteiger partial charge in [0.05, 0.1) is 13.2 Å². The molecule has 0 unspecified atom stereocenters. The third-order valence-electron chi connectivity index (χ3n) is 2.57. The van der Waals surface area contributed by atoms with Crippen LogP contribution in [0.2, 0.25) is 0 Å². The Kier molecular flexibility index (Phi) is 7.09. The molecular weight excluding hydrogens is 271 g/mol. The van der Waals surface area contributed by atoms with Crippen LogP contribution in [0.3, 0.4) is 0 Å². The van der Waals surface area contributed by atoms with E-state index in [1.807, 2.05) is 0 Å². The van der Waals surface area contributed by atoms with Crippen molar-refractivity contribution in [2.24, 2.45) is 0 Å². The average Bonchev–Trinajstić information content (AvgIpc) is 2.38. The van der Waals surface area contributed by atoms with Crippen LogP contribution in [0.25, 0.3) is 0 Å². The summed E-state index contributed by atoms with van der Waals surface area (Å²) in [5.41, 5.74) is 0.663. The van der Waals surface area contributed by atoms with Crippen LogP contribution >= 0.6 is 0 Å². The first kappa shape index (κ1) is 16.5. The van der Waals surface area contributed by atoms with Gasteiger partial charge in [0.15, 0.2) is 0 Å². The highest BCUT2D eigenvalue weighted by Crippen LogP contribution is 2.13. The number of benzene rings is 1. The molecule has 1 rings (SSSR count). The molecule has 0 aliphatic rings. The van der Waals surface area contributed by atoms with E-state index in [0.29, 0.717) is 5.56 Å². The van der Waals surface area contributed by atoms with Crippen LogP contribution in [0.15, 0.2) is 18.2 Å². The second kappa shape index (κ2) is 8.59. The summed E-state index contributed by atoms with van der Waals surface area (Å²) < 4.78 is 38.5. The summed E-state index contributed by atoms with van der Waals surface area (Å²) in [5, 5.41) is 17.4. The fourth-order valence-corrected chi connectivity index (χ4v) is 1.71. The average molecular weight is 287 g/mol. The number of aliphatic hydroxyl groups is 2. The summed E-state index contributed by atoms with van der Waals surface area (Å²) in [7, 11) is 0. The van der Waals surface area contributed by atoms with Crippen LogP contribution in [0.4, 0.5) is 13.2 Å². The predicted octanol–water partition coefficient (Wildman–Crippen LogP) is 1.23. The Morgan fingerprint density at radius 3 is 2.55 bits per heavy atom. The molecule has 3 nitrogen and oxygen atoms in total. The van der Waals surface area contributed by atoms with Crippen molar-refractivity contribution in [2.75, 3.05) is 26.3 Å². The van der Waals surface area contributed by atoms with Crippen molar-refractivity contribution in [3.8, 4) is 11.8 Å². The molecule has 0 saturated carbocycles. The van der Waals surface area contributed by atoms with Gasteiger partial charge in [0, 0.05) is 24.2 Å². The standard InChI is InChI=1S/C14H16F3NO2/c15-13-8-11(2-1-6-19)3-4-12(13)9-18(5-7-20)10-14(16)17/h3-4,8,14,19-20H,5-7,9-10H2. The van der Waals surface area contributed by atoms with E-state index >= 15 is 0 Å². The fraction of sp³-hybridized carbons (Fsp3) is 0.429. The molecular formula is C14H16F3NO2. The number of nitrogens with zero attached hydrogens (tertiary/aromatic N) is 1. The Hall–Kier alpha value is -1.55. The molecule has 110 valence electrons. The topological polar surface area (TPSA) is 43.7 Å². The van der Waals surface area contributed by atoms with E-state index in [2.05, 4.69) is 11.8 Å². The minimum Gasteiger partial charge on any atom is -0.395 e. The van der Waals surface area contributed by atoms with Crippen molar-refractivity contribution >= 4 is 0 Å². The van der Waals surface area contributed by atoms with Gasteiger partial charge in [-0.15, -0.1) is 0 Å². The minimum atomic E-state index is -2.54. The maximum Gasteiger partial charge on any atom is 0.251 e. The summed E-state index contributed by atoms with van der Waals surface area (Å²) in [6, 6.07) is 4.21. The molecule has 0 atom stereocenters. The van der Waals surface area contributed by atoms with Gasteiger partial charge in [-0.2, -0.15) is 0 Å². The van der Waals surface area contributed by atoms with E-state index in [1.165, 1.54) is 17.0 Å². The molecule has 0 fully saturated rings. The van der Waals surface area contributed by atoms with Crippen molar-refractivity contribution in [3.63, 3.8) is 0 Å². The highest BCUT2D eigenvalue weighted by molar-refractivity contribution is 5.37. The normalized spacial score (nSPS) is 10.8. The molecule has 1 aromatic rings. The van der Waals surface area contributed by atoms with Crippen LogP contribution in [-0.4, -0.2) is 47.8 Å². The second-order valence-electron chi connectivity index (χ2n) is 4.12. The van der Waals surface area contributed by atoms with Crippen LogP contribution < -0.4 is 0 Å². The van der Waals surface area contributed by atoms with Gasteiger partial charge >= 0.3 is 0 Å². The number of hydrogen-bond acceptors (Lipinski definition) is 3. The van der Waals surface area contributed by atoms with E-state index in [4.69, 9.17) is 10.2 Å². The lowest BCUT2D eigenvalue weighted by Gasteiger charge is -2.21. The van der Waals surface area contributed by atoms with E-state index in [0.717, 1.165) is 0 Å². The molecule has 0 aliphatic heterocycles. The Balaban J connectivity index is 2.79. The second-order valence-corrected chi connectivity index (χ2v) is 4.12. The van der Waals surface area contributed by atoms with Crippen molar-refractivity contribution < 1.29 is 23.4 Å². The van der Waals surface area contributed by atoms with E-state index < -0.39 is 18.8 Å². The lowest BCUT2D eigenvalue weighted by Crippen LogP contribution is -2.31. The maximum atomic E-state index is 13.8. The Bertz CT molecular complexity index is 483.